The molecule has 0 saturated carbocycles. The Morgan fingerprint density at radius 2 is 1.73 bits per heavy atom. The maximum atomic E-state index is 12.9. The van der Waals surface area contributed by atoms with Gasteiger partial charge in [-0.1, -0.05) is 24.3 Å². The number of thiophene rings is 1. The third kappa shape index (κ3) is 5.50. The number of hydrogen-bond donors (Lipinski definition) is 2. The highest BCUT2D eigenvalue weighted by molar-refractivity contribution is 7.80. The number of hydrogen-bond acceptors (Lipinski definition) is 7. The van der Waals surface area contributed by atoms with Crippen LogP contribution in [0.25, 0.3) is 11.1 Å². The number of ether oxygens (including phenoxy) is 3. The maximum absolute atomic E-state index is 12.9. The van der Waals surface area contributed by atoms with E-state index in [9.17, 15) is 9.59 Å². The molecule has 0 radical (unpaired) electrons. The number of aryl methyl sites for hydroxylation is 1. The average Bonchev–Trinajstić information content (AvgIpc) is 3.14. The summed E-state index contributed by atoms with van der Waals surface area (Å²) in [5.41, 5.74) is 2.26. The van der Waals surface area contributed by atoms with Crippen molar-refractivity contribution in [3.05, 3.63) is 64.5 Å². The zero-order chi connectivity index (χ0) is 24.0. The molecule has 1 aromatic heterocycles. The molecule has 1 amide bonds. The third-order valence-corrected chi connectivity index (χ3v) is 5.95. The summed E-state index contributed by atoms with van der Waals surface area (Å²) in [7, 11) is 3.11. The third-order valence-electron chi connectivity index (χ3n) is 4.73. The quantitative estimate of drug-likeness (QED) is 0.359. The summed E-state index contributed by atoms with van der Waals surface area (Å²) in [5, 5.41) is 6.20. The first-order chi connectivity index (χ1) is 15.9. The molecule has 0 atom stereocenters. The minimum absolute atomic E-state index is 0.0783. The topological polar surface area (TPSA) is 85.9 Å². The summed E-state index contributed by atoms with van der Waals surface area (Å²) in [6.07, 6.45) is 0. The Morgan fingerprint density at radius 3 is 2.36 bits per heavy atom. The molecule has 7 nitrogen and oxygen atoms in total. The van der Waals surface area contributed by atoms with E-state index in [0.717, 1.165) is 10.4 Å². The molecular weight excluding hydrogens is 460 g/mol. The highest BCUT2D eigenvalue weighted by atomic mass is 32.1. The van der Waals surface area contributed by atoms with Crippen molar-refractivity contribution in [1.29, 1.82) is 0 Å². The van der Waals surface area contributed by atoms with Gasteiger partial charge in [0.25, 0.3) is 5.91 Å². The zero-order valence-corrected chi connectivity index (χ0v) is 20.3. The molecule has 0 unspecified atom stereocenters. The zero-order valence-electron chi connectivity index (χ0n) is 18.7. The second kappa shape index (κ2) is 10.9. The van der Waals surface area contributed by atoms with Gasteiger partial charge in [-0.25, -0.2) is 4.79 Å². The fourth-order valence-corrected chi connectivity index (χ4v) is 4.60. The van der Waals surface area contributed by atoms with Crippen LogP contribution in [0.1, 0.15) is 32.5 Å². The summed E-state index contributed by atoms with van der Waals surface area (Å²) in [4.78, 5) is 26.2. The van der Waals surface area contributed by atoms with Gasteiger partial charge in [0.15, 0.2) is 16.6 Å². The monoisotopic (exact) mass is 484 g/mol. The van der Waals surface area contributed by atoms with E-state index in [4.69, 9.17) is 26.4 Å². The van der Waals surface area contributed by atoms with Gasteiger partial charge in [-0.2, -0.15) is 0 Å². The van der Waals surface area contributed by atoms with Crippen molar-refractivity contribution in [2.45, 2.75) is 13.8 Å². The Balaban J connectivity index is 1.97. The SMILES string of the molecule is CCOC(=O)c1c(NC(=S)NC(=O)c2ccccc2)sc(C)c1-c1ccc(OC)c(OC)c1. The van der Waals surface area contributed by atoms with Crippen LogP contribution in [0.15, 0.2) is 48.5 Å². The molecule has 0 aliphatic carbocycles. The number of thiocarbonyl (C=S) groups is 1. The first-order valence-corrected chi connectivity index (χ1v) is 11.3. The summed E-state index contributed by atoms with van der Waals surface area (Å²) in [5.74, 6) is 0.274. The van der Waals surface area contributed by atoms with Crippen molar-refractivity contribution in [3.8, 4) is 22.6 Å². The van der Waals surface area contributed by atoms with Crippen LogP contribution < -0.4 is 20.1 Å². The second-order valence-electron chi connectivity index (χ2n) is 6.80. The van der Waals surface area contributed by atoms with E-state index < -0.39 is 5.97 Å². The number of methoxy groups -OCH3 is 2. The molecular formula is C24H24N2O5S2. The molecule has 0 aliphatic rings. The van der Waals surface area contributed by atoms with Gasteiger partial charge in [0.1, 0.15) is 10.6 Å². The molecule has 9 heteroatoms. The van der Waals surface area contributed by atoms with Crippen LogP contribution >= 0.6 is 23.6 Å². The maximum Gasteiger partial charge on any atom is 0.341 e. The molecule has 2 N–H and O–H groups in total. The Hall–Kier alpha value is -3.43. The molecule has 172 valence electrons. The van der Waals surface area contributed by atoms with Crippen molar-refractivity contribution in [1.82, 2.24) is 5.32 Å². The molecule has 0 saturated heterocycles. The van der Waals surface area contributed by atoms with Crippen LogP contribution in [0.2, 0.25) is 0 Å². The van der Waals surface area contributed by atoms with E-state index in [0.29, 0.717) is 33.2 Å². The second-order valence-corrected chi connectivity index (χ2v) is 8.43. The van der Waals surface area contributed by atoms with Gasteiger partial charge in [0.05, 0.1) is 20.8 Å². The van der Waals surface area contributed by atoms with Crippen LogP contribution in [0.4, 0.5) is 5.00 Å². The van der Waals surface area contributed by atoms with E-state index in [1.54, 1.807) is 57.5 Å². The number of benzene rings is 2. The minimum Gasteiger partial charge on any atom is -0.493 e. The van der Waals surface area contributed by atoms with E-state index in [-0.39, 0.29) is 17.6 Å². The summed E-state index contributed by atoms with van der Waals surface area (Å²) in [6, 6.07) is 14.2. The largest absolute Gasteiger partial charge is 0.493 e. The number of esters is 1. The van der Waals surface area contributed by atoms with Crippen molar-refractivity contribution in [3.63, 3.8) is 0 Å². The Bertz CT molecular complexity index is 1180. The van der Waals surface area contributed by atoms with Crippen molar-refractivity contribution < 1.29 is 23.8 Å². The summed E-state index contributed by atoms with van der Waals surface area (Å²) < 4.78 is 16.1. The molecule has 3 aromatic rings. The number of carbonyl (C=O) groups is 2. The molecule has 3 rings (SSSR count). The van der Waals surface area contributed by atoms with Crippen molar-refractivity contribution >= 4 is 45.5 Å². The first-order valence-electron chi connectivity index (χ1n) is 10.1. The van der Waals surface area contributed by atoms with E-state index >= 15 is 0 Å². The van der Waals surface area contributed by atoms with E-state index in [2.05, 4.69) is 10.6 Å². The lowest BCUT2D eigenvalue weighted by Crippen LogP contribution is -2.34. The smallest absolute Gasteiger partial charge is 0.341 e. The predicted octanol–water partition coefficient (Wildman–Crippen LogP) is 5.04. The van der Waals surface area contributed by atoms with Crippen LogP contribution in [0.3, 0.4) is 0 Å². The number of rotatable bonds is 7. The van der Waals surface area contributed by atoms with Crippen molar-refractivity contribution in [2.24, 2.45) is 0 Å². The van der Waals surface area contributed by atoms with Crippen LogP contribution in [0.5, 0.6) is 11.5 Å². The Morgan fingerprint density at radius 1 is 1.03 bits per heavy atom. The minimum atomic E-state index is -0.494. The van der Waals surface area contributed by atoms with Gasteiger partial charge in [-0.3, -0.25) is 10.1 Å². The van der Waals surface area contributed by atoms with E-state index in [1.165, 1.54) is 11.3 Å². The van der Waals surface area contributed by atoms with E-state index in [1.807, 2.05) is 19.1 Å². The lowest BCUT2D eigenvalue weighted by atomic mass is 10.0. The molecule has 0 aliphatic heterocycles. The molecule has 0 bridgehead atoms. The molecule has 0 spiro atoms. The Labute approximate surface area is 201 Å². The molecule has 33 heavy (non-hydrogen) atoms. The predicted molar refractivity (Wildman–Crippen MR) is 134 cm³/mol. The number of carbonyl (C=O) groups excluding carboxylic acids is 2. The molecule has 1 heterocycles. The molecule has 0 fully saturated rings. The standard InChI is InChI=1S/C24H24N2O5S2/c1-5-31-23(28)20-19(16-11-12-17(29-3)18(13-16)30-4)14(2)33-22(20)26-24(32)25-21(27)15-9-7-6-8-10-15/h6-13H,5H2,1-4H3,(H2,25,26,27,32). The summed E-state index contributed by atoms with van der Waals surface area (Å²) in [6.45, 7) is 3.86. The number of anilines is 1. The van der Waals surface area contributed by atoms with Gasteiger partial charge in [0, 0.05) is 16.0 Å². The van der Waals surface area contributed by atoms with Crippen LogP contribution in [-0.4, -0.2) is 37.8 Å². The lowest BCUT2D eigenvalue weighted by molar-refractivity contribution is 0.0529. The fourth-order valence-electron chi connectivity index (χ4n) is 3.27. The highest BCUT2D eigenvalue weighted by Crippen LogP contribution is 2.42. The normalized spacial score (nSPS) is 10.3. The highest BCUT2D eigenvalue weighted by Gasteiger charge is 2.26. The van der Waals surface area contributed by atoms with Gasteiger partial charge >= 0.3 is 5.97 Å². The lowest BCUT2D eigenvalue weighted by Gasteiger charge is -2.13. The number of amides is 1. The summed E-state index contributed by atoms with van der Waals surface area (Å²) >= 11 is 6.68. The van der Waals surface area contributed by atoms with Gasteiger partial charge < -0.3 is 19.5 Å². The Kier molecular flexibility index (Phi) is 8.02. The van der Waals surface area contributed by atoms with Crippen molar-refractivity contribution in [2.75, 3.05) is 26.1 Å². The molecule has 2 aromatic carbocycles. The fraction of sp³-hybridized carbons (Fsp3) is 0.208. The average molecular weight is 485 g/mol. The number of nitrogens with one attached hydrogen (secondary N) is 2. The van der Waals surface area contributed by atoms with Gasteiger partial charge in [0.2, 0.25) is 0 Å². The van der Waals surface area contributed by atoms with Gasteiger partial charge in [-0.05, 0) is 55.9 Å². The van der Waals surface area contributed by atoms with Crippen LogP contribution in [-0.2, 0) is 4.74 Å². The van der Waals surface area contributed by atoms with Crippen LogP contribution in [0, 0.1) is 6.92 Å². The first kappa shape index (κ1) is 24.2. The van der Waals surface area contributed by atoms with Gasteiger partial charge in [-0.15, -0.1) is 11.3 Å².